The van der Waals surface area contributed by atoms with Crippen LogP contribution in [0, 0.1) is 5.92 Å². The number of halogens is 1. The summed E-state index contributed by atoms with van der Waals surface area (Å²) in [6.07, 6.45) is 0. The number of rotatable bonds is 4. The topological polar surface area (TPSA) is 12.0 Å². The highest BCUT2D eigenvalue weighted by molar-refractivity contribution is 14.1. The summed E-state index contributed by atoms with van der Waals surface area (Å²) < 4.78 is 1.21. The summed E-state index contributed by atoms with van der Waals surface area (Å²) in [6, 6.07) is 0. The third kappa shape index (κ3) is 6.69. The van der Waals surface area contributed by atoms with Crippen molar-refractivity contribution >= 4 is 22.6 Å². The predicted octanol–water partition coefficient (Wildman–Crippen LogP) is 1.67. The van der Waals surface area contributed by atoms with Gasteiger partial charge in [0.2, 0.25) is 0 Å². The average Bonchev–Trinajstić information content (AvgIpc) is 1.66. The first-order chi connectivity index (χ1) is 3.77. The fourth-order valence-electron chi connectivity index (χ4n) is 0.458. The first kappa shape index (κ1) is 8.69. The maximum absolute atomic E-state index is 3.33. The van der Waals surface area contributed by atoms with Crippen LogP contribution in [-0.2, 0) is 0 Å². The smallest absolute Gasteiger partial charge is 0.0121 e. The van der Waals surface area contributed by atoms with E-state index in [-0.39, 0.29) is 0 Å². The molecule has 2 heteroatoms. The Morgan fingerprint density at radius 2 is 2.12 bits per heavy atom. The maximum Gasteiger partial charge on any atom is 0.0121 e. The molecule has 0 heterocycles. The zero-order valence-corrected chi connectivity index (χ0v) is 7.73. The van der Waals surface area contributed by atoms with E-state index in [9.17, 15) is 0 Å². The minimum atomic E-state index is 0.790. The molecule has 0 bridgehead atoms. The lowest BCUT2D eigenvalue weighted by molar-refractivity contribution is 0.569. The fraction of sp³-hybridized carbons (Fsp3) is 1.00. The van der Waals surface area contributed by atoms with Crippen LogP contribution in [0.2, 0.25) is 0 Å². The molecule has 0 aromatic carbocycles. The molecule has 0 unspecified atom stereocenters. The molecule has 0 aliphatic heterocycles. The second-order valence-electron chi connectivity index (χ2n) is 2.29. The van der Waals surface area contributed by atoms with Gasteiger partial charge < -0.3 is 5.32 Å². The summed E-state index contributed by atoms with van der Waals surface area (Å²) in [5.74, 6) is 0.790. The largest absolute Gasteiger partial charge is 0.316 e. The summed E-state index contributed by atoms with van der Waals surface area (Å²) in [5, 5.41) is 3.33. The number of hydrogen-bond donors (Lipinski definition) is 1. The van der Waals surface area contributed by atoms with E-state index in [1.54, 1.807) is 0 Å². The average molecular weight is 227 g/mol. The lowest BCUT2D eigenvalue weighted by Crippen LogP contribution is -2.21. The zero-order chi connectivity index (χ0) is 6.41. The quantitative estimate of drug-likeness (QED) is 0.437. The van der Waals surface area contributed by atoms with Gasteiger partial charge in [0.25, 0.3) is 0 Å². The molecule has 0 fully saturated rings. The Hall–Kier alpha value is 0.690. The van der Waals surface area contributed by atoms with Gasteiger partial charge in [-0.15, -0.1) is 0 Å². The minimum Gasteiger partial charge on any atom is -0.316 e. The van der Waals surface area contributed by atoms with Gasteiger partial charge >= 0.3 is 0 Å². The summed E-state index contributed by atoms with van der Waals surface area (Å²) in [4.78, 5) is 0. The molecule has 0 saturated carbocycles. The Labute approximate surface area is 65.4 Å². The van der Waals surface area contributed by atoms with E-state index >= 15 is 0 Å². The van der Waals surface area contributed by atoms with E-state index in [1.165, 1.54) is 4.43 Å². The van der Waals surface area contributed by atoms with Crippen LogP contribution < -0.4 is 5.32 Å². The van der Waals surface area contributed by atoms with Crippen molar-refractivity contribution in [2.24, 2.45) is 5.92 Å². The van der Waals surface area contributed by atoms with Crippen LogP contribution in [0.5, 0.6) is 0 Å². The Balaban J connectivity index is 2.72. The van der Waals surface area contributed by atoms with Crippen LogP contribution in [0.25, 0.3) is 0 Å². The lowest BCUT2D eigenvalue weighted by atomic mass is 10.2. The minimum absolute atomic E-state index is 0.790. The molecule has 0 aromatic heterocycles. The number of alkyl halides is 1. The van der Waals surface area contributed by atoms with Crippen molar-refractivity contribution in [3.63, 3.8) is 0 Å². The molecule has 0 radical (unpaired) electrons. The first-order valence-electron chi connectivity index (χ1n) is 3.04. The second-order valence-corrected chi connectivity index (χ2v) is 3.37. The van der Waals surface area contributed by atoms with E-state index in [0.29, 0.717) is 0 Å². The van der Waals surface area contributed by atoms with Gasteiger partial charge in [-0.1, -0.05) is 36.4 Å². The summed E-state index contributed by atoms with van der Waals surface area (Å²) in [5.41, 5.74) is 0. The van der Waals surface area contributed by atoms with Gasteiger partial charge in [-0.3, -0.25) is 0 Å². The Morgan fingerprint density at radius 3 is 2.50 bits per heavy atom. The summed E-state index contributed by atoms with van der Waals surface area (Å²) >= 11 is 2.37. The van der Waals surface area contributed by atoms with Crippen LogP contribution in [0.1, 0.15) is 13.8 Å². The van der Waals surface area contributed by atoms with E-state index in [2.05, 4.69) is 41.8 Å². The fourth-order valence-corrected chi connectivity index (χ4v) is 0.839. The molecule has 8 heavy (non-hydrogen) atoms. The van der Waals surface area contributed by atoms with Crippen molar-refractivity contribution in [2.45, 2.75) is 13.8 Å². The number of hydrogen-bond acceptors (Lipinski definition) is 1. The predicted molar refractivity (Wildman–Crippen MR) is 46.6 cm³/mol. The molecule has 1 nitrogen and oxygen atoms in total. The van der Waals surface area contributed by atoms with Crippen LogP contribution in [0.4, 0.5) is 0 Å². The normalized spacial score (nSPS) is 10.5. The molecule has 0 aliphatic carbocycles. The Morgan fingerprint density at radius 1 is 1.50 bits per heavy atom. The van der Waals surface area contributed by atoms with Crippen molar-refractivity contribution < 1.29 is 0 Å². The monoisotopic (exact) mass is 227 g/mol. The van der Waals surface area contributed by atoms with Crippen LogP contribution in [0.15, 0.2) is 0 Å². The van der Waals surface area contributed by atoms with Gasteiger partial charge in [-0.25, -0.2) is 0 Å². The van der Waals surface area contributed by atoms with Crippen molar-refractivity contribution in [2.75, 3.05) is 17.5 Å². The third-order valence-corrected chi connectivity index (χ3v) is 1.36. The van der Waals surface area contributed by atoms with Gasteiger partial charge in [-0.05, 0) is 12.5 Å². The molecule has 50 valence electrons. The van der Waals surface area contributed by atoms with Crippen molar-refractivity contribution in [1.29, 1.82) is 0 Å². The SMILES string of the molecule is CC(C)CNCCI. The second kappa shape index (κ2) is 5.82. The molecule has 0 saturated heterocycles. The molecular formula is C6H14IN. The van der Waals surface area contributed by atoms with E-state index in [0.717, 1.165) is 19.0 Å². The van der Waals surface area contributed by atoms with Gasteiger partial charge in [-0.2, -0.15) is 0 Å². The molecule has 0 aliphatic rings. The third-order valence-electron chi connectivity index (χ3n) is 0.824. The van der Waals surface area contributed by atoms with Gasteiger partial charge in [0.1, 0.15) is 0 Å². The van der Waals surface area contributed by atoms with Crippen LogP contribution >= 0.6 is 22.6 Å². The van der Waals surface area contributed by atoms with Crippen molar-refractivity contribution in [1.82, 2.24) is 5.32 Å². The van der Waals surface area contributed by atoms with E-state index in [1.807, 2.05) is 0 Å². The highest BCUT2D eigenvalue weighted by atomic mass is 127. The Bertz CT molecular complexity index is 45.8. The zero-order valence-electron chi connectivity index (χ0n) is 5.58. The highest BCUT2D eigenvalue weighted by Gasteiger charge is 1.89. The van der Waals surface area contributed by atoms with Gasteiger partial charge in [0.15, 0.2) is 0 Å². The highest BCUT2D eigenvalue weighted by Crippen LogP contribution is 1.86. The molecule has 0 atom stereocenters. The Kier molecular flexibility index (Phi) is 6.32. The molecule has 1 N–H and O–H groups in total. The standard InChI is InChI=1S/C6H14IN/c1-6(2)5-8-4-3-7/h6,8H,3-5H2,1-2H3. The molecule has 0 spiro atoms. The molecule has 0 amide bonds. The van der Waals surface area contributed by atoms with Gasteiger partial charge in [0, 0.05) is 11.0 Å². The first-order valence-corrected chi connectivity index (χ1v) is 4.56. The lowest BCUT2D eigenvalue weighted by Gasteiger charge is -2.03. The maximum atomic E-state index is 3.33. The van der Waals surface area contributed by atoms with Crippen molar-refractivity contribution in [3.05, 3.63) is 0 Å². The summed E-state index contributed by atoms with van der Waals surface area (Å²) in [6.45, 7) is 6.75. The van der Waals surface area contributed by atoms with Gasteiger partial charge in [0.05, 0.1) is 0 Å². The molecule has 0 aromatic rings. The molecule has 0 rings (SSSR count). The van der Waals surface area contributed by atoms with E-state index in [4.69, 9.17) is 0 Å². The summed E-state index contributed by atoms with van der Waals surface area (Å²) in [7, 11) is 0. The van der Waals surface area contributed by atoms with Crippen molar-refractivity contribution in [3.8, 4) is 0 Å². The van der Waals surface area contributed by atoms with E-state index < -0.39 is 0 Å². The van der Waals surface area contributed by atoms with Crippen LogP contribution in [-0.4, -0.2) is 17.5 Å². The van der Waals surface area contributed by atoms with Crippen LogP contribution in [0.3, 0.4) is 0 Å². The number of nitrogens with one attached hydrogen (secondary N) is 1. The molecular weight excluding hydrogens is 213 g/mol.